The highest BCUT2D eigenvalue weighted by atomic mass is 32.2. The number of anilines is 1. The molecule has 0 aliphatic heterocycles. The first-order valence-corrected chi connectivity index (χ1v) is 8.33. The van der Waals surface area contributed by atoms with Crippen molar-refractivity contribution in [2.24, 2.45) is 0 Å². The first kappa shape index (κ1) is 15.6. The molecule has 2 aromatic heterocycles. The molecule has 1 N–H and O–H groups in total. The number of pyridine rings is 1. The van der Waals surface area contributed by atoms with Gasteiger partial charge in [-0.25, -0.2) is 4.98 Å². The third-order valence-corrected chi connectivity index (χ3v) is 4.29. The van der Waals surface area contributed by atoms with Gasteiger partial charge in [-0.15, -0.1) is 11.8 Å². The number of thioether (sulfide) groups is 1. The molecule has 2 heterocycles. The van der Waals surface area contributed by atoms with E-state index in [0.29, 0.717) is 23.8 Å². The molecule has 0 spiro atoms. The number of nitrogens with one attached hydrogen (secondary N) is 1. The predicted octanol–water partition coefficient (Wildman–Crippen LogP) is 3.96. The summed E-state index contributed by atoms with van der Waals surface area (Å²) in [4.78, 5) is 16.5. The van der Waals surface area contributed by atoms with E-state index in [1.165, 1.54) is 5.56 Å². The number of rotatable bonds is 5. The van der Waals surface area contributed by atoms with Crippen LogP contribution in [0.2, 0.25) is 0 Å². The Morgan fingerprint density at radius 1 is 1.26 bits per heavy atom. The number of nitrogens with zero attached hydrogens (tertiary/aromatic N) is 2. The minimum Gasteiger partial charge on any atom is -0.360 e. The topological polar surface area (TPSA) is 68.0 Å². The molecule has 5 nitrogen and oxygen atoms in total. The fourth-order valence-electron chi connectivity index (χ4n) is 2.27. The first-order valence-electron chi connectivity index (χ1n) is 7.34. The average molecular weight is 327 g/mol. The van der Waals surface area contributed by atoms with Gasteiger partial charge in [-0.05, 0) is 31.5 Å². The third-order valence-electron chi connectivity index (χ3n) is 3.37. The zero-order valence-electron chi connectivity index (χ0n) is 13.0. The fourth-order valence-corrected chi connectivity index (χ4v) is 3.19. The second-order valence-electron chi connectivity index (χ2n) is 5.26. The molecule has 0 aliphatic carbocycles. The van der Waals surface area contributed by atoms with Gasteiger partial charge in [0.15, 0.2) is 5.82 Å². The number of aromatic nitrogens is 2. The van der Waals surface area contributed by atoms with Crippen LogP contribution < -0.4 is 5.32 Å². The van der Waals surface area contributed by atoms with E-state index in [4.69, 9.17) is 4.52 Å². The quantitative estimate of drug-likeness (QED) is 0.718. The Bertz CT molecular complexity index is 845. The number of hydrogen-bond acceptors (Lipinski definition) is 5. The number of carbonyl (C=O) groups excluding carboxylic acids is 1. The maximum absolute atomic E-state index is 11.9. The van der Waals surface area contributed by atoms with Gasteiger partial charge in [-0.3, -0.25) is 4.79 Å². The standard InChI is InChI=1S/C17H17N3O2S/c1-11-9-17(18-14-6-4-3-5-13(11)14)23-8-7-16(21)19-15-10-12(2)22-20-15/h3-6,9-10H,7-8H2,1-2H3,(H,19,20,21). The monoisotopic (exact) mass is 327 g/mol. The number of hydrogen-bond donors (Lipinski definition) is 1. The molecule has 0 saturated carbocycles. The van der Waals surface area contributed by atoms with E-state index in [1.54, 1.807) is 24.8 Å². The lowest BCUT2D eigenvalue weighted by Gasteiger charge is -2.06. The fraction of sp³-hybridized carbons (Fsp3) is 0.235. The smallest absolute Gasteiger partial charge is 0.226 e. The molecule has 118 valence electrons. The van der Waals surface area contributed by atoms with Crippen LogP contribution in [0.3, 0.4) is 0 Å². The van der Waals surface area contributed by atoms with E-state index in [0.717, 1.165) is 15.9 Å². The maximum Gasteiger partial charge on any atom is 0.226 e. The van der Waals surface area contributed by atoms with Crippen molar-refractivity contribution in [3.63, 3.8) is 0 Å². The molecule has 1 amide bonds. The van der Waals surface area contributed by atoms with Gasteiger partial charge in [0.25, 0.3) is 0 Å². The summed E-state index contributed by atoms with van der Waals surface area (Å²) in [5.74, 6) is 1.71. The maximum atomic E-state index is 11.9. The molecule has 6 heteroatoms. The Labute approximate surface area is 138 Å². The van der Waals surface area contributed by atoms with Crippen LogP contribution in [0.15, 0.2) is 45.9 Å². The summed E-state index contributed by atoms with van der Waals surface area (Å²) < 4.78 is 4.91. The molecule has 3 aromatic rings. The third kappa shape index (κ3) is 3.90. The van der Waals surface area contributed by atoms with E-state index >= 15 is 0 Å². The largest absolute Gasteiger partial charge is 0.360 e. The van der Waals surface area contributed by atoms with Crippen molar-refractivity contribution in [3.8, 4) is 0 Å². The lowest BCUT2D eigenvalue weighted by atomic mass is 10.1. The highest BCUT2D eigenvalue weighted by molar-refractivity contribution is 7.99. The van der Waals surface area contributed by atoms with Crippen LogP contribution in [0, 0.1) is 13.8 Å². The molecular formula is C17H17N3O2S. The van der Waals surface area contributed by atoms with E-state index in [1.807, 2.05) is 18.2 Å². The van der Waals surface area contributed by atoms with Crippen molar-refractivity contribution in [3.05, 3.63) is 47.7 Å². The Morgan fingerprint density at radius 3 is 2.87 bits per heavy atom. The summed E-state index contributed by atoms with van der Waals surface area (Å²) >= 11 is 1.58. The molecular weight excluding hydrogens is 310 g/mol. The number of amides is 1. The van der Waals surface area contributed by atoms with Crippen molar-refractivity contribution in [1.82, 2.24) is 10.1 Å². The molecule has 0 saturated heterocycles. The molecule has 0 aliphatic rings. The summed E-state index contributed by atoms with van der Waals surface area (Å²) in [6.07, 6.45) is 0.393. The van der Waals surface area contributed by atoms with E-state index in [2.05, 4.69) is 34.5 Å². The normalized spacial score (nSPS) is 10.9. The lowest BCUT2D eigenvalue weighted by molar-refractivity contribution is -0.115. The molecule has 23 heavy (non-hydrogen) atoms. The number of carbonyl (C=O) groups is 1. The number of fused-ring (bicyclic) bond motifs is 1. The lowest BCUT2D eigenvalue weighted by Crippen LogP contribution is -2.12. The minimum absolute atomic E-state index is 0.0803. The van der Waals surface area contributed by atoms with Crippen LogP contribution >= 0.6 is 11.8 Å². The van der Waals surface area contributed by atoms with E-state index in [9.17, 15) is 4.79 Å². The zero-order valence-corrected chi connectivity index (χ0v) is 13.8. The first-order chi connectivity index (χ1) is 11.1. The van der Waals surface area contributed by atoms with Crippen LogP contribution in [0.1, 0.15) is 17.7 Å². The molecule has 0 radical (unpaired) electrons. The van der Waals surface area contributed by atoms with Crippen LogP contribution in [0.5, 0.6) is 0 Å². The van der Waals surface area contributed by atoms with Gasteiger partial charge >= 0.3 is 0 Å². The summed E-state index contributed by atoms with van der Waals surface area (Å²) in [6.45, 7) is 3.86. The van der Waals surface area contributed by atoms with Crippen LogP contribution in [-0.2, 0) is 4.79 Å². The van der Waals surface area contributed by atoms with Gasteiger partial charge in [0.05, 0.1) is 10.5 Å². The molecule has 3 rings (SSSR count). The second-order valence-corrected chi connectivity index (χ2v) is 6.38. The second kappa shape index (κ2) is 6.83. The van der Waals surface area contributed by atoms with Crippen molar-refractivity contribution in [2.45, 2.75) is 25.3 Å². The minimum atomic E-state index is -0.0803. The van der Waals surface area contributed by atoms with Gasteiger partial charge in [0.2, 0.25) is 5.91 Å². The molecule has 0 fully saturated rings. The predicted molar refractivity (Wildman–Crippen MR) is 91.7 cm³/mol. The van der Waals surface area contributed by atoms with Crippen LogP contribution in [0.25, 0.3) is 10.9 Å². The van der Waals surface area contributed by atoms with Crippen LogP contribution in [0.4, 0.5) is 5.82 Å². The van der Waals surface area contributed by atoms with E-state index in [-0.39, 0.29) is 5.91 Å². The summed E-state index contributed by atoms with van der Waals surface area (Å²) in [7, 11) is 0. The number of benzene rings is 1. The van der Waals surface area contributed by atoms with Gasteiger partial charge in [0, 0.05) is 23.6 Å². The van der Waals surface area contributed by atoms with Gasteiger partial charge in [-0.1, -0.05) is 23.4 Å². The van der Waals surface area contributed by atoms with Crippen molar-refractivity contribution >= 4 is 34.4 Å². The van der Waals surface area contributed by atoms with Gasteiger partial charge in [0.1, 0.15) is 5.76 Å². The summed E-state index contributed by atoms with van der Waals surface area (Å²) in [5.41, 5.74) is 2.18. The van der Waals surface area contributed by atoms with Crippen LogP contribution in [-0.4, -0.2) is 21.8 Å². The van der Waals surface area contributed by atoms with E-state index < -0.39 is 0 Å². The molecule has 0 bridgehead atoms. The summed E-state index contributed by atoms with van der Waals surface area (Å²) in [6, 6.07) is 11.8. The molecule has 0 unspecified atom stereocenters. The number of para-hydroxylation sites is 1. The number of aryl methyl sites for hydroxylation is 2. The van der Waals surface area contributed by atoms with Crippen molar-refractivity contribution in [2.75, 3.05) is 11.1 Å². The van der Waals surface area contributed by atoms with Crippen molar-refractivity contribution < 1.29 is 9.32 Å². The van der Waals surface area contributed by atoms with Crippen molar-refractivity contribution in [1.29, 1.82) is 0 Å². The van der Waals surface area contributed by atoms with Gasteiger partial charge in [-0.2, -0.15) is 0 Å². The Kier molecular flexibility index (Phi) is 4.62. The molecule has 0 atom stereocenters. The Hall–Kier alpha value is -2.34. The SMILES string of the molecule is Cc1cc(NC(=O)CCSc2cc(C)c3ccccc3n2)no1. The molecule has 1 aromatic carbocycles. The Morgan fingerprint density at radius 2 is 2.09 bits per heavy atom. The van der Waals surface area contributed by atoms with Gasteiger partial charge < -0.3 is 9.84 Å². The average Bonchev–Trinajstić information content (AvgIpc) is 2.92. The highest BCUT2D eigenvalue weighted by Gasteiger charge is 2.08. The summed E-state index contributed by atoms with van der Waals surface area (Å²) in [5, 5.41) is 8.55. The zero-order chi connectivity index (χ0) is 16.2. The Balaban J connectivity index is 1.57. The highest BCUT2D eigenvalue weighted by Crippen LogP contribution is 2.24.